The van der Waals surface area contributed by atoms with Gasteiger partial charge in [0.05, 0.1) is 6.33 Å². The Morgan fingerprint density at radius 3 is 2.68 bits per heavy atom. The summed E-state index contributed by atoms with van der Waals surface area (Å²) in [5, 5.41) is 13.3. The van der Waals surface area contributed by atoms with Crippen LogP contribution in [0.1, 0.15) is 27.0 Å². The molecule has 1 saturated heterocycles. The summed E-state index contributed by atoms with van der Waals surface area (Å²) >= 11 is 0. The second-order valence-corrected chi connectivity index (χ2v) is 10.2. The third kappa shape index (κ3) is 5.54. The fourth-order valence-electron chi connectivity index (χ4n) is 3.72. The van der Waals surface area contributed by atoms with E-state index in [2.05, 4.69) is 20.3 Å². The number of nitrogens with one attached hydrogen (secondary N) is 1. The molecule has 0 radical (unpaired) electrons. The minimum absolute atomic E-state index is 0.0201. The van der Waals surface area contributed by atoms with E-state index < -0.39 is 39.0 Å². The first-order valence-corrected chi connectivity index (χ1v) is 12.7. The Hall–Kier alpha value is -3.25. The third-order valence-electron chi connectivity index (χ3n) is 5.83. The van der Waals surface area contributed by atoms with Gasteiger partial charge < -0.3 is 14.7 Å². The lowest BCUT2D eigenvalue weighted by Crippen LogP contribution is -2.42. The van der Waals surface area contributed by atoms with Gasteiger partial charge in [0.15, 0.2) is 35.1 Å². The number of rotatable bonds is 9. The van der Waals surface area contributed by atoms with E-state index in [0.717, 1.165) is 0 Å². The first kappa shape index (κ1) is 26.8. The molecular weight excluding hydrogens is 506 g/mol. The summed E-state index contributed by atoms with van der Waals surface area (Å²) in [6, 6.07) is 8.42. The lowest BCUT2D eigenvalue weighted by Gasteiger charge is -2.24. The smallest absolute Gasteiger partial charge is 0.387 e. The Labute approximate surface area is 213 Å². The molecule has 3 heterocycles. The Balaban J connectivity index is 1.58. The minimum Gasteiger partial charge on any atom is -0.387 e. The number of fused-ring (bicyclic) bond motifs is 1. The Kier molecular flexibility index (Phi) is 7.69. The van der Waals surface area contributed by atoms with Crippen molar-refractivity contribution in [3.63, 3.8) is 0 Å². The van der Waals surface area contributed by atoms with E-state index in [1.165, 1.54) is 17.8 Å². The van der Waals surface area contributed by atoms with Gasteiger partial charge in [-0.1, -0.05) is 32.0 Å². The molecule has 14 heteroatoms. The van der Waals surface area contributed by atoms with Crippen molar-refractivity contribution in [3.8, 4) is 5.75 Å². The third-order valence-corrected chi connectivity index (χ3v) is 6.53. The van der Waals surface area contributed by atoms with E-state index in [9.17, 15) is 14.5 Å². The molecule has 3 aromatic rings. The van der Waals surface area contributed by atoms with Gasteiger partial charge in [-0.15, -0.1) is 4.52 Å². The number of amides is 1. The maximum absolute atomic E-state index is 15.4. The van der Waals surface area contributed by atoms with Crippen molar-refractivity contribution < 1.29 is 32.6 Å². The second kappa shape index (κ2) is 10.6. The zero-order valence-corrected chi connectivity index (χ0v) is 21.9. The average Bonchev–Trinajstić information content (AvgIpc) is 3.37. The molecule has 5 atom stereocenters. The van der Waals surface area contributed by atoms with Gasteiger partial charge in [0.25, 0.3) is 0 Å². The molecule has 198 valence electrons. The SMILES string of the molecule is CC(C)C(=O)Nc1nc(N(C)C)c2ncn([C@@H]3O[C@](C)(CO[P+](=O)Oc4ccccc4)[C@@H](O)[C@H]3F)c2n1. The molecule has 1 aliphatic heterocycles. The number of nitrogens with zero attached hydrogens (tertiary/aromatic N) is 5. The van der Waals surface area contributed by atoms with E-state index in [1.807, 2.05) is 0 Å². The highest BCUT2D eigenvalue weighted by Gasteiger charge is 2.55. The average molecular weight is 535 g/mol. The van der Waals surface area contributed by atoms with Crippen molar-refractivity contribution in [2.24, 2.45) is 5.92 Å². The van der Waals surface area contributed by atoms with Gasteiger partial charge in [-0.2, -0.15) is 9.97 Å². The molecule has 1 aliphatic rings. The molecule has 1 aromatic carbocycles. The molecule has 4 rings (SSSR count). The highest BCUT2D eigenvalue weighted by Crippen LogP contribution is 2.42. The number of hydrogen-bond donors (Lipinski definition) is 2. The van der Waals surface area contributed by atoms with Crippen LogP contribution in [0, 0.1) is 5.92 Å². The first-order valence-electron chi connectivity index (χ1n) is 11.6. The predicted molar refractivity (Wildman–Crippen MR) is 133 cm³/mol. The van der Waals surface area contributed by atoms with Crippen LogP contribution in [0.3, 0.4) is 0 Å². The van der Waals surface area contributed by atoms with Crippen LogP contribution in [0.15, 0.2) is 36.7 Å². The number of para-hydroxylation sites is 1. The Morgan fingerprint density at radius 2 is 2.03 bits per heavy atom. The Morgan fingerprint density at radius 1 is 1.32 bits per heavy atom. The number of alkyl halides is 1. The highest BCUT2D eigenvalue weighted by atomic mass is 31.1. The standard InChI is InChI=1S/C23H28FN6O6P/c1-13(2)20(32)28-22-26-18(29(4)5)16-19(27-22)30(12-25-16)21-15(24)17(31)23(3,35-21)11-34-37(33)36-14-9-7-6-8-10-14/h6-10,12-13,15,17,21,31H,11H2,1-5H3/p+1/t15-,17+,21-,23-/m1/s1. The van der Waals surface area contributed by atoms with E-state index >= 15 is 4.39 Å². The molecule has 2 N–H and O–H groups in total. The largest absolute Gasteiger partial charge is 0.750 e. The van der Waals surface area contributed by atoms with Crippen molar-refractivity contribution in [2.75, 3.05) is 30.9 Å². The second-order valence-electron chi connectivity index (χ2n) is 9.34. The molecule has 37 heavy (non-hydrogen) atoms. The number of ether oxygens (including phenoxy) is 1. The van der Waals surface area contributed by atoms with Gasteiger partial charge in [-0.05, 0) is 19.1 Å². The van der Waals surface area contributed by atoms with E-state index in [4.69, 9.17) is 13.8 Å². The topological polar surface area (TPSA) is 141 Å². The fraction of sp³-hybridized carbons (Fsp3) is 0.478. The maximum atomic E-state index is 15.4. The maximum Gasteiger partial charge on any atom is 0.750 e. The van der Waals surface area contributed by atoms with Crippen molar-refractivity contribution in [3.05, 3.63) is 36.7 Å². The summed E-state index contributed by atoms with van der Waals surface area (Å²) in [5.74, 6) is 0.158. The van der Waals surface area contributed by atoms with Crippen LogP contribution in [0.5, 0.6) is 5.75 Å². The van der Waals surface area contributed by atoms with E-state index in [1.54, 1.807) is 63.2 Å². The van der Waals surface area contributed by atoms with Gasteiger partial charge in [0, 0.05) is 24.6 Å². The predicted octanol–water partition coefficient (Wildman–Crippen LogP) is 3.23. The molecule has 12 nitrogen and oxygen atoms in total. The molecule has 2 aromatic heterocycles. The molecule has 0 saturated carbocycles. The number of aromatic nitrogens is 4. The van der Waals surface area contributed by atoms with Crippen LogP contribution in [-0.2, 0) is 18.6 Å². The lowest BCUT2D eigenvalue weighted by molar-refractivity contribution is -0.118. The molecule has 1 unspecified atom stereocenters. The van der Waals surface area contributed by atoms with Crippen molar-refractivity contribution in [1.29, 1.82) is 0 Å². The van der Waals surface area contributed by atoms with E-state index in [0.29, 0.717) is 17.1 Å². The summed E-state index contributed by atoms with van der Waals surface area (Å²) < 4.78 is 45.4. The van der Waals surface area contributed by atoms with Gasteiger partial charge >= 0.3 is 8.25 Å². The number of benzene rings is 1. The number of halogens is 1. The molecule has 0 spiro atoms. The molecule has 0 bridgehead atoms. The molecule has 1 amide bonds. The number of imidazole rings is 1. The molecule has 0 aliphatic carbocycles. The van der Waals surface area contributed by atoms with Crippen molar-refractivity contribution in [1.82, 2.24) is 19.5 Å². The van der Waals surface area contributed by atoms with Gasteiger partial charge in [-0.3, -0.25) is 14.7 Å². The van der Waals surface area contributed by atoms with Crippen LogP contribution in [0.2, 0.25) is 0 Å². The first-order chi connectivity index (χ1) is 17.5. The summed E-state index contributed by atoms with van der Waals surface area (Å²) in [4.78, 5) is 27.0. The number of aliphatic hydroxyl groups is 1. The van der Waals surface area contributed by atoms with Gasteiger partial charge in [0.2, 0.25) is 11.9 Å². The van der Waals surface area contributed by atoms with Crippen molar-refractivity contribution in [2.45, 2.75) is 44.9 Å². The summed E-state index contributed by atoms with van der Waals surface area (Å²) in [7, 11) is 0.887. The van der Waals surface area contributed by atoms with Gasteiger partial charge in [0.1, 0.15) is 18.3 Å². The Bertz CT molecular complexity index is 1290. The van der Waals surface area contributed by atoms with Crippen LogP contribution in [-0.4, -0.2) is 69.1 Å². The summed E-state index contributed by atoms with van der Waals surface area (Å²) in [6.45, 7) is 4.50. The number of carbonyl (C=O) groups excluding carboxylic acids is 1. The monoisotopic (exact) mass is 535 g/mol. The van der Waals surface area contributed by atoms with Crippen LogP contribution < -0.4 is 14.7 Å². The van der Waals surface area contributed by atoms with Gasteiger partial charge in [-0.25, -0.2) is 13.9 Å². The fourth-order valence-corrected chi connectivity index (χ4v) is 4.43. The minimum atomic E-state index is -2.60. The highest BCUT2D eigenvalue weighted by molar-refractivity contribution is 7.33. The quantitative estimate of drug-likeness (QED) is 0.392. The van der Waals surface area contributed by atoms with E-state index in [-0.39, 0.29) is 23.4 Å². The van der Waals surface area contributed by atoms with Crippen LogP contribution in [0.25, 0.3) is 11.2 Å². The van der Waals surface area contributed by atoms with Crippen molar-refractivity contribution >= 4 is 37.1 Å². The molecular formula is C23H29FN6O6P+. The number of anilines is 2. The summed E-state index contributed by atoms with van der Waals surface area (Å²) in [6.07, 6.45) is -3.52. The number of hydrogen-bond acceptors (Lipinski definition) is 10. The lowest BCUT2D eigenvalue weighted by atomic mass is 9.99. The normalized spacial score (nSPS) is 23.9. The number of aliphatic hydroxyl groups excluding tert-OH is 1. The molecule has 1 fully saturated rings. The van der Waals surface area contributed by atoms with Crippen LogP contribution >= 0.6 is 8.25 Å². The zero-order chi connectivity index (χ0) is 26.9. The summed E-state index contributed by atoms with van der Waals surface area (Å²) in [5.41, 5.74) is -1.01. The zero-order valence-electron chi connectivity index (χ0n) is 21.0. The van der Waals surface area contributed by atoms with Crippen LogP contribution in [0.4, 0.5) is 16.2 Å². The number of carbonyl (C=O) groups is 1.